The van der Waals surface area contributed by atoms with Crippen molar-refractivity contribution < 1.29 is 9.90 Å². The SMILES string of the molecule is O=C(O)CCc1cn(CCC2=CCCCC2)cn1. The maximum absolute atomic E-state index is 10.5. The molecule has 0 amide bonds. The van der Waals surface area contributed by atoms with Crippen LogP contribution in [0.1, 0.15) is 44.2 Å². The van der Waals surface area contributed by atoms with Crippen molar-refractivity contribution in [3.05, 3.63) is 29.9 Å². The van der Waals surface area contributed by atoms with Crippen molar-refractivity contribution in [1.82, 2.24) is 9.55 Å². The van der Waals surface area contributed by atoms with Gasteiger partial charge in [0.1, 0.15) is 0 Å². The van der Waals surface area contributed by atoms with Gasteiger partial charge in [0.25, 0.3) is 0 Å². The molecule has 18 heavy (non-hydrogen) atoms. The lowest BCUT2D eigenvalue weighted by Gasteiger charge is -2.12. The van der Waals surface area contributed by atoms with Crippen molar-refractivity contribution in [3.8, 4) is 0 Å². The summed E-state index contributed by atoms with van der Waals surface area (Å²) in [4.78, 5) is 14.7. The van der Waals surface area contributed by atoms with Gasteiger partial charge in [-0.15, -0.1) is 0 Å². The third-order valence-electron chi connectivity index (χ3n) is 3.36. The van der Waals surface area contributed by atoms with Crippen LogP contribution in [0.4, 0.5) is 0 Å². The van der Waals surface area contributed by atoms with Gasteiger partial charge in [0, 0.05) is 19.2 Å². The predicted octanol–water partition coefficient (Wildman–Crippen LogP) is 2.79. The Morgan fingerprint density at radius 3 is 3.00 bits per heavy atom. The molecule has 98 valence electrons. The van der Waals surface area contributed by atoms with Gasteiger partial charge in [0.05, 0.1) is 18.4 Å². The van der Waals surface area contributed by atoms with E-state index in [1.807, 2.05) is 6.20 Å². The number of carboxylic acids is 1. The molecule has 0 spiro atoms. The largest absolute Gasteiger partial charge is 0.481 e. The summed E-state index contributed by atoms with van der Waals surface area (Å²) in [5.74, 6) is -0.767. The zero-order chi connectivity index (χ0) is 12.8. The Labute approximate surface area is 107 Å². The van der Waals surface area contributed by atoms with Crippen molar-refractivity contribution in [2.24, 2.45) is 0 Å². The summed E-state index contributed by atoms with van der Waals surface area (Å²) in [6, 6.07) is 0. The molecule has 4 heteroatoms. The van der Waals surface area contributed by atoms with Gasteiger partial charge in [-0.3, -0.25) is 4.79 Å². The van der Waals surface area contributed by atoms with Gasteiger partial charge < -0.3 is 9.67 Å². The van der Waals surface area contributed by atoms with Gasteiger partial charge in [-0.1, -0.05) is 11.6 Å². The molecule has 0 bridgehead atoms. The topological polar surface area (TPSA) is 55.1 Å². The van der Waals surface area contributed by atoms with E-state index in [1.165, 1.54) is 25.7 Å². The number of imidazole rings is 1. The average molecular weight is 248 g/mol. The summed E-state index contributed by atoms with van der Waals surface area (Å²) in [6.07, 6.45) is 13.0. The highest BCUT2D eigenvalue weighted by molar-refractivity contribution is 5.66. The van der Waals surface area contributed by atoms with Crippen molar-refractivity contribution in [2.45, 2.75) is 51.5 Å². The minimum atomic E-state index is -0.767. The van der Waals surface area contributed by atoms with Crippen LogP contribution in [0, 0.1) is 0 Å². The molecule has 0 saturated heterocycles. The van der Waals surface area contributed by atoms with Crippen molar-refractivity contribution in [1.29, 1.82) is 0 Å². The second-order valence-electron chi connectivity index (χ2n) is 4.85. The Morgan fingerprint density at radius 1 is 1.39 bits per heavy atom. The van der Waals surface area contributed by atoms with E-state index in [-0.39, 0.29) is 6.42 Å². The molecule has 0 aromatic carbocycles. The first-order chi connectivity index (χ1) is 8.74. The molecule has 0 atom stereocenters. The third-order valence-corrected chi connectivity index (χ3v) is 3.36. The number of aliphatic carboxylic acids is 1. The fourth-order valence-electron chi connectivity index (χ4n) is 2.30. The number of aryl methyl sites for hydroxylation is 2. The van der Waals surface area contributed by atoms with Crippen LogP contribution in [0.3, 0.4) is 0 Å². The zero-order valence-corrected chi connectivity index (χ0v) is 10.6. The summed E-state index contributed by atoms with van der Waals surface area (Å²) < 4.78 is 2.06. The van der Waals surface area contributed by atoms with Gasteiger partial charge in [-0.2, -0.15) is 0 Å². The Bertz CT molecular complexity index is 435. The molecular weight excluding hydrogens is 228 g/mol. The Hall–Kier alpha value is -1.58. The molecule has 1 N–H and O–H groups in total. The van der Waals surface area contributed by atoms with Crippen LogP contribution in [0.25, 0.3) is 0 Å². The number of aromatic nitrogens is 2. The molecule has 1 aliphatic carbocycles. The molecule has 4 nitrogen and oxygen atoms in total. The van der Waals surface area contributed by atoms with E-state index in [4.69, 9.17) is 5.11 Å². The van der Waals surface area contributed by atoms with Crippen molar-refractivity contribution in [3.63, 3.8) is 0 Å². The summed E-state index contributed by atoms with van der Waals surface area (Å²) in [5.41, 5.74) is 2.43. The Balaban J connectivity index is 1.79. The molecule has 0 aliphatic heterocycles. The van der Waals surface area contributed by atoms with E-state index in [0.29, 0.717) is 6.42 Å². The second kappa shape index (κ2) is 6.38. The van der Waals surface area contributed by atoms with Crippen LogP contribution >= 0.6 is 0 Å². The minimum absolute atomic E-state index is 0.155. The molecule has 1 aromatic rings. The van der Waals surface area contributed by atoms with Gasteiger partial charge >= 0.3 is 5.97 Å². The molecule has 2 rings (SSSR count). The molecule has 0 fully saturated rings. The maximum atomic E-state index is 10.5. The molecule has 1 aromatic heterocycles. The predicted molar refractivity (Wildman–Crippen MR) is 69.4 cm³/mol. The summed E-state index contributed by atoms with van der Waals surface area (Å²) in [7, 11) is 0. The zero-order valence-electron chi connectivity index (χ0n) is 10.6. The highest BCUT2D eigenvalue weighted by Gasteiger charge is 2.05. The normalized spacial score (nSPS) is 15.4. The molecule has 1 aliphatic rings. The Morgan fingerprint density at radius 2 is 2.28 bits per heavy atom. The fraction of sp³-hybridized carbons (Fsp3) is 0.571. The van der Waals surface area contributed by atoms with E-state index >= 15 is 0 Å². The van der Waals surface area contributed by atoms with Crippen LogP contribution in [0.15, 0.2) is 24.2 Å². The van der Waals surface area contributed by atoms with E-state index in [9.17, 15) is 4.79 Å². The van der Waals surface area contributed by atoms with E-state index in [0.717, 1.165) is 18.7 Å². The van der Waals surface area contributed by atoms with E-state index in [1.54, 1.807) is 11.9 Å². The number of nitrogens with zero attached hydrogens (tertiary/aromatic N) is 2. The molecule has 1 heterocycles. The van der Waals surface area contributed by atoms with Crippen LogP contribution in [-0.4, -0.2) is 20.6 Å². The molecular formula is C14H20N2O2. The van der Waals surface area contributed by atoms with Crippen LogP contribution < -0.4 is 0 Å². The van der Waals surface area contributed by atoms with Crippen LogP contribution in [0.2, 0.25) is 0 Å². The lowest BCUT2D eigenvalue weighted by Crippen LogP contribution is -2.00. The number of hydrogen-bond donors (Lipinski definition) is 1. The number of allylic oxidation sites excluding steroid dienone is 2. The highest BCUT2D eigenvalue weighted by atomic mass is 16.4. The Kier molecular flexibility index (Phi) is 4.56. The van der Waals surface area contributed by atoms with Gasteiger partial charge in [-0.05, 0) is 32.1 Å². The lowest BCUT2D eigenvalue weighted by atomic mass is 9.97. The lowest BCUT2D eigenvalue weighted by molar-refractivity contribution is -0.136. The number of carboxylic acid groups (broad SMARTS) is 1. The van der Waals surface area contributed by atoms with Gasteiger partial charge in [0.15, 0.2) is 0 Å². The monoisotopic (exact) mass is 248 g/mol. The number of hydrogen-bond acceptors (Lipinski definition) is 2. The summed E-state index contributed by atoms with van der Waals surface area (Å²) in [6.45, 7) is 0.950. The third kappa shape index (κ3) is 4.02. The summed E-state index contributed by atoms with van der Waals surface area (Å²) >= 11 is 0. The maximum Gasteiger partial charge on any atom is 0.303 e. The average Bonchev–Trinajstić information content (AvgIpc) is 2.83. The first kappa shape index (κ1) is 12.9. The number of carbonyl (C=O) groups is 1. The standard InChI is InChI=1S/C14H20N2O2/c17-14(18)7-6-13-10-16(11-15-13)9-8-12-4-2-1-3-5-12/h4,10-11H,1-3,5-9H2,(H,17,18). The number of rotatable bonds is 6. The molecule has 0 unspecified atom stereocenters. The molecule has 0 saturated carbocycles. The second-order valence-corrected chi connectivity index (χ2v) is 4.85. The van der Waals surface area contributed by atoms with Crippen molar-refractivity contribution in [2.75, 3.05) is 0 Å². The quantitative estimate of drug-likeness (QED) is 0.787. The van der Waals surface area contributed by atoms with Crippen LogP contribution in [-0.2, 0) is 17.8 Å². The smallest absolute Gasteiger partial charge is 0.303 e. The highest BCUT2D eigenvalue weighted by Crippen LogP contribution is 2.20. The fourth-order valence-corrected chi connectivity index (χ4v) is 2.30. The minimum Gasteiger partial charge on any atom is -0.481 e. The van der Waals surface area contributed by atoms with E-state index in [2.05, 4.69) is 15.6 Å². The van der Waals surface area contributed by atoms with Crippen LogP contribution in [0.5, 0.6) is 0 Å². The molecule has 0 radical (unpaired) electrons. The first-order valence-corrected chi connectivity index (χ1v) is 6.64. The van der Waals surface area contributed by atoms with E-state index < -0.39 is 5.97 Å². The first-order valence-electron chi connectivity index (χ1n) is 6.64. The van der Waals surface area contributed by atoms with Gasteiger partial charge in [0.2, 0.25) is 0 Å². The van der Waals surface area contributed by atoms with Gasteiger partial charge in [-0.25, -0.2) is 4.98 Å². The van der Waals surface area contributed by atoms with Crippen molar-refractivity contribution >= 4 is 5.97 Å². The summed E-state index contributed by atoms with van der Waals surface area (Å²) in [5, 5.41) is 8.61.